The van der Waals surface area contributed by atoms with Crippen LogP contribution in [0.5, 0.6) is 0 Å². The van der Waals surface area contributed by atoms with Crippen molar-refractivity contribution in [1.82, 2.24) is 19.9 Å². The molecular weight excluding hydrogens is 266 g/mol. The van der Waals surface area contributed by atoms with Crippen molar-refractivity contribution in [2.75, 3.05) is 24.4 Å². The highest BCUT2D eigenvalue weighted by molar-refractivity contribution is 5.84. The van der Waals surface area contributed by atoms with Crippen LogP contribution in [-0.2, 0) is 0 Å². The molecule has 0 saturated carbocycles. The molecule has 1 aromatic carbocycles. The van der Waals surface area contributed by atoms with Gasteiger partial charge in [0.2, 0.25) is 0 Å². The fourth-order valence-electron chi connectivity index (χ4n) is 1.88. The number of hydrogen-bond donors (Lipinski definition) is 2. The Morgan fingerprint density at radius 2 is 1.95 bits per heavy atom. The van der Waals surface area contributed by atoms with Gasteiger partial charge in [-0.3, -0.25) is 5.43 Å². The van der Waals surface area contributed by atoms with Gasteiger partial charge in [-0.1, -0.05) is 12.1 Å². The summed E-state index contributed by atoms with van der Waals surface area (Å²) in [6.07, 6.45) is 4.77. The van der Waals surface area contributed by atoms with Crippen LogP contribution in [0, 0.1) is 0 Å². The molecule has 0 bridgehead atoms. The average Bonchev–Trinajstić information content (AvgIpc) is 2.97. The minimum atomic E-state index is 0.596. The quantitative estimate of drug-likeness (QED) is 0.563. The first-order chi connectivity index (χ1) is 10.2. The topological polar surface area (TPSA) is 82.1 Å². The maximum absolute atomic E-state index is 4.19. The minimum absolute atomic E-state index is 0.596. The first-order valence-electron chi connectivity index (χ1n) is 6.44. The van der Waals surface area contributed by atoms with E-state index in [0.717, 1.165) is 16.8 Å². The molecule has 0 radical (unpaired) electrons. The predicted octanol–water partition coefficient (Wildman–Crippen LogP) is 1.86. The summed E-state index contributed by atoms with van der Waals surface area (Å²) < 4.78 is 0. The number of aromatic amines is 1. The van der Waals surface area contributed by atoms with Crippen molar-refractivity contribution in [3.05, 3.63) is 42.5 Å². The van der Waals surface area contributed by atoms with Crippen molar-refractivity contribution in [3.63, 3.8) is 0 Å². The van der Waals surface area contributed by atoms with E-state index in [4.69, 9.17) is 0 Å². The second-order valence-corrected chi connectivity index (χ2v) is 4.68. The Labute approximate surface area is 121 Å². The van der Waals surface area contributed by atoms with Crippen LogP contribution >= 0.6 is 0 Å². The van der Waals surface area contributed by atoms with Crippen LogP contribution in [0.2, 0.25) is 0 Å². The van der Waals surface area contributed by atoms with Crippen molar-refractivity contribution >= 4 is 28.9 Å². The normalized spacial score (nSPS) is 11.1. The average molecular weight is 281 g/mol. The lowest BCUT2D eigenvalue weighted by molar-refractivity contribution is 1.13. The van der Waals surface area contributed by atoms with Crippen molar-refractivity contribution in [2.45, 2.75) is 0 Å². The van der Waals surface area contributed by atoms with Crippen molar-refractivity contribution in [3.8, 4) is 0 Å². The molecule has 2 aromatic heterocycles. The second-order valence-electron chi connectivity index (χ2n) is 4.68. The van der Waals surface area contributed by atoms with Gasteiger partial charge in [0.1, 0.15) is 11.8 Å². The number of H-pyrrole nitrogens is 1. The molecule has 3 rings (SSSR count). The number of imidazole rings is 1. The van der Waals surface area contributed by atoms with Gasteiger partial charge in [-0.25, -0.2) is 15.0 Å². The molecule has 0 atom stereocenters. The highest BCUT2D eigenvalue weighted by atomic mass is 15.3. The van der Waals surface area contributed by atoms with Crippen molar-refractivity contribution < 1.29 is 0 Å². The summed E-state index contributed by atoms with van der Waals surface area (Å²) in [5.41, 5.74) is 6.39. The van der Waals surface area contributed by atoms with E-state index in [1.807, 2.05) is 38.4 Å². The van der Waals surface area contributed by atoms with Crippen LogP contribution in [0.1, 0.15) is 5.56 Å². The maximum atomic E-state index is 4.19. The zero-order chi connectivity index (χ0) is 14.7. The highest BCUT2D eigenvalue weighted by Gasteiger charge is 2.03. The van der Waals surface area contributed by atoms with Gasteiger partial charge in [-0.2, -0.15) is 5.10 Å². The number of fused-ring (bicyclic) bond motifs is 1. The molecule has 2 heterocycles. The Kier molecular flexibility index (Phi) is 3.46. The number of anilines is 2. The first-order valence-corrected chi connectivity index (χ1v) is 6.44. The van der Waals surface area contributed by atoms with E-state index >= 15 is 0 Å². The summed E-state index contributed by atoms with van der Waals surface area (Å²) in [5.74, 6) is 0.596. The molecule has 106 valence electrons. The first kappa shape index (κ1) is 13.0. The number of benzene rings is 1. The van der Waals surface area contributed by atoms with E-state index in [2.05, 4.69) is 35.4 Å². The van der Waals surface area contributed by atoms with Crippen LogP contribution in [0.4, 0.5) is 11.5 Å². The molecule has 3 aromatic rings. The van der Waals surface area contributed by atoms with Crippen molar-refractivity contribution in [1.29, 1.82) is 0 Å². The number of nitrogens with zero attached hydrogens (tertiary/aromatic N) is 5. The third kappa shape index (κ3) is 2.81. The lowest BCUT2D eigenvalue weighted by Gasteiger charge is -2.11. The monoisotopic (exact) mass is 281 g/mol. The summed E-state index contributed by atoms with van der Waals surface area (Å²) in [5, 5.41) is 4.19. The van der Waals surface area contributed by atoms with E-state index in [1.165, 1.54) is 6.33 Å². The molecule has 7 heteroatoms. The van der Waals surface area contributed by atoms with Gasteiger partial charge in [-0.05, 0) is 17.7 Å². The molecule has 0 aliphatic heterocycles. The van der Waals surface area contributed by atoms with E-state index < -0.39 is 0 Å². The minimum Gasteiger partial charge on any atom is -0.378 e. The molecule has 0 saturated heterocycles. The maximum Gasteiger partial charge on any atom is 0.182 e. The number of nitrogens with one attached hydrogen (secondary N) is 2. The Morgan fingerprint density at radius 1 is 1.14 bits per heavy atom. The molecule has 0 aliphatic rings. The van der Waals surface area contributed by atoms with Crippen LogP contribution < -0.4 is 10.3 Å². The number of rotatable bonds is 4. The van der Waals surface area contributed by atoms with Crippen LogP contribution in [0.15, 0.2) is 42.0 Å². The third-order valence-electron chi connectivity index (χ3n) is 3.02. The lowest BCUT2D eigenvalue weighted by Crippen LogP contribution is -2.08. The predicted molar refractivity (Wildman–Crippen MR) is 83.7 cm³/mol. The molecule has 0 amide bonds. The summed E-state index contributed by atoms with van der Waals surface area (Å²) in [6.45, 7) is 0. The van der Waals surface area contributed by atoms with Crippen LogP contribution in [0.25, 0.3) is 11.2 Å². The molecule has 0 spiro atoms. The fourth-order valence-corrected chi connectivity index (χ4v) is 1.88. The van der Waals surface area contributed by atoms with Gasteiger partial charge >= 0.3 is 0 Å². The molecule has 2 N–H and O–H groups in total. The summed E-state index contributed by atoms with van der Waals surface area (Å²) in [7, 11) is 4.02. The Balaban J connectivity index is 1.73. The SMILES string of the molecule is CN(C)c1ccc(/C=N/Nc2ncnc3nc[nH]c23)cc1. The van der Waals surface area contributed by atoms with Crippen LogP contribution in [0.3, 0.4) is 0 Å². The third-order valence-corrected chi connectivity index (χ3v) is 3.02. The van der Waals surface area contributed by atoms with Gasteiger partial charge in [0, 0.05) is 19.8 Å². The highest BCUT2D eigenvalue weighted by Crippen LogP contribution is 2.14. The molecule has 7 nitrogen and oxygen atoms in total. The van der Waals surface area contributed by atoms with Crippen molar-refractivity contribution in [2.24, 2.45) is 5.10 Å². The molecule has 21 heavy (non-hydrogen) atoms. The zero-order valence-corrected chi connectivity index (χ0v) is 11.8. The van der Waals surface area contributed by atoms with E-state index in [1.54, 1.807) is 12.5 Å². The van der Waals surface area contributed by atoms with E-state index in [0.29, 0.717) is 11.5 Å². The van der Waals surface area contributed by atoms with Crippen LogP contribution in [-0.4, -0.2) is 40.2 Å². The summed E-state index contributed by atoms with van der Waals surface area (Å²) in [6, 6.07) is 8.09. The molecule has 0 unspecified atom stereocenters. The largest absolute Gasteiger partial charge is 0.378 e. The Morgan fingerprint density at radius 3 is 2.71 bits per heavy atom. The molecule has 0 aliphatic carbocycles. The molecule has 0 fully saturated rings. The van der Waals surface area contributed by atoms with E-state index in [9.17, 15) is 0 Å². The zero-order valence-electron chi connectivity index (χ0n) is 11.8. The summed E-state index contributed by atoms with van der Waals surface area (Å²) in [4.78, 5) is 17.3. The second kappa shape index (κ2) is 5.58. The Bertz CT molecular complexity index is 758. The summed E-state index contributed by atoms with van der Waals surface area (Å²) >= 11 is 0. The van der Waals surface area contributed by atoms with Gasteiger partial charge in [0.25, 0.3) is 0 Å². The lowest BCUT2D eigenvalue weighted by atomic mass is 10.2. The number of hydrogen-bond acceptors (Lipinski definition) is 6. The van der Waals surface area contributed by atoms with Gasteiger partial charge in [0.05, 0.1) is 12.5 Å². The number of hydrazone groups is 1. The van der Waals surface area contributed by atoms with E-state index in [-0.39, 0.29) is 0 Å². The standard InChI is InChI=1S/C14H15N7/c1-21(2)11-5-3-10(4-6-11)7-19-20-14-12-13(16-8-15-12)17-9-18-14/h3-9H,1-2H3,(H2,15,16,17,18,20)/b19-7+. The Hall–Kier alpha value is -2.96. The smallest absolute Gasteiger partial charge is 0.182 e. The van der Waals surface area contributed by atoms with Gasteiger partial charge < -0.3 is 9.88 Å². The van der Waals surface area contributed by atoms with Gasteiger partial charge in [-0.15, -0.1) is 0 Å². The number of aromatic nitrogens is 4. The fraction of sp³-hybridized carbons (Fsp3) is 0.143. The van der Waals surface area contributed by atoms with Gasteiger partial charge in [0.15, 0.2) is 11.5 Å². The molecular formula is C14H15N7.